The molecule has 2 heterocycles. The molecule has 0 aliphatic rings. The third-order valence-corrected chi connectivity index (χ3v) is 5.95. The Morgan fingerprint density at radius 1 is 1.14 bits per heavy atom. The summed E-state index contributed by atoms with van der Waals surface area (Å²) in [5, 5.41) is 14.4. The average Bonchev–Trinajstić information content (AvgIpc) is 3.15. The van der Waals surface area contributed by atoms with Crippen LogP contribution in [0.2, 0.25) is 0 Å². The van der Waals surface area contributed by atoms with Gasteiger partial charge in [-0.05, 0) is 56.0 Å². The number of fused-ring (bicyclic) bond motifs is 3. The van der Waals surface area contributed by atoms with E-state index in [9.17, 15) is 9.90 Å². The zero-order valence-corrected chi connectivity index (χ0v) is 20.6. The Bertz CT molecular complexity index is 1370. The Labute approximate surface area is 205 Å². The monoisotopic (exact) mass is 474 g/mol. The number of hydrogen-bond donors (Lipinski definition) is 4. The first-order chi connectivity index (χ1) is 16.7. The highest BCUT2D eigenvalue weighted by atomic mass is 16.3. The van der Waals surface area contributed by atoms with E-state index < -0.39 is 5.60 Å². The number of hydrogen-bond acceptors (Lipinski definition) is 6. The minimum atomic E-state index is -0.900. The number of aromatic nitrogens is 3. The molecule has 2 aromatic heterocycles. The molecule has 0 aliphatic carbocycles. The van der Waals surface area contributed by atoms with E-state index in [2.05, 4.69) is 33.9 Å². The van der Waals surface area contributed by atoms with Crippen molar-refractivity contribution in [2.75, 3.05) is 17.6 Å². The molecule has 8 heteroatoms. The summed E-state index contributed by atoms with van der Waals surface area (Å²) in [5.74, 6) is 1.09. The molecule has 35 heavy (non-hydrogen) atoms. The molecule has 6 N–H and O–H groups in total. The fourth-order valence-electron chi connectivity index (χ4n) is 4.40. The SMILES string of the molecule is CCCCc1nc2c(N)nc3cc(Cc4cccc(NC(=O)CN)c4)ccc3c2n1CC(C)(C)O. The van der Waals surface area contributed by atoms with Crippen LogP contribution in [-0.4, -0.2) is 37.7 Å². The van der Waals surface area contributed by atoms with E-state index in [1.54, 1.807) is 13.8 Å². The van der Waals surface area contributed by atoms with Crippen molar-refractivity contribution in [2.24, 2.45) is 5.73 Å². The van der Waals surface area contributed by atoms with Crippen molar-refractivity contribution in [1.82, 2.24) is 14.5 Å². The Morgan fingerprint density at radius 3 is 2.63 bits per heavy atom. The van der Waals surface area contributed by atoms with Crippen molar-refractivity contribution < 1.29 is 9.90 Å². The summed E-state index contributed by atoms with van der Waals surface area (Å²) in [6.07, 6.45) is 3.56. The first kappa shape index (κ1) is 24.6. The molecule has 0 radical (unpaired) electrons. The van der Waals surface area contributed by atoms with Gasteiger partial charge in [0.2, 0.25) is 5.91 Å². The lowest BCUT2D eigenvalue weighted by Gasteiger charge is -2.21. The van der Waals surface area contributed by atoms with Gasteiger partial charge in [0.1, 0.15) is 11.3 Å². The summed E-state index contributed by atoms with van der Waals surface area (Å²) >= 11 is 0. The van der Waals surface area contributed by atoms with E-state index in [1.807, 2.05) is 30.3 Å². The number of aliphatic hydroxyl groups is 1. The third kappa shape index (κ3) is 5.61. The molecule has 0 saturated heterocycles. The van der Waals surface area contributed by atoms with Crippen LogP contribution in [0.25, 0.3) is 21.9 Å². The second-order valence-electron chi connectivity index (χ2n) is 9.71. The zero-order valence-electron chi connectivity index (χ0n) is 20.6. The van der Waals surface area contributed by atoms with Crippen molar-refractivity contribution in [2.45, 2.75) is 58.6 Å². The molecule has 8 nitrogen and oxygen atoms in total. The normalized spacial score (nSPS) is 11.9. The Kier molecular flexibility index (Phi) is 7.05. The largest absolute Gasteiger partial charge is 0.389 e. The van der Waals surface area contributed by atoms with Gasteiger partial charge in [0.05, 0.1) is 29.7 Å². The van der Waals surface area contributed by atoms with Gasteiger partial charge in [-0.3, -0.25) is 4.79 Å². The molecular formula is C27H34N6O2. The van der Waals surface area contributed by atoms with Gasteiger partial charge in [0.15, 0.2) is 5.82 Å². The maximum atomic E-state index is 11.6. The van der Waals surface area contributed by atoms with Gasteiger partial charge >= 0.3 is 0 Å². The number of aryl methyl sites for hydroxylation is 1. The summed E-state index contributed by atoms with van der Waals surface area (Å²) < 4.78 is 2.11. The fourth-order valence-corrected chi connectivity index (χ4v) is 4.40. The van der Waals surface area contributed by atoms with E-state index in [0.717, 1.165) is 58.3 Å². The summed E-state index contributed by atoms with van der Waals surface area (Å²) in [6, 6.07) is 13.9. The van der Waals surface area contributed by atoms with Crippen molar-refractivity contribution in [3.05, 3.63) is 59.4 Å². The molecule has 4 rings (SSSR count). The van der Waals surface area contributed by atoms with Gasteiger partial charge in [0, 0.05) is 17.5 Å². The second-order valence-corrected chi connectivity index (χ2v) is 9.71. The highest BCUT2D eigenvalue weighted by Crippen LogP contribution is 2.31. The van der Waals surface area contributed by atoms with E-state index in [0.29, 0.717) is 24.3 Å². The summed E-state index contributed by atoms with van der Waals surface area (Å²) in [4.78, 5) is 21.1. The number of carbonyl (C=O) groups excluding carboxylic acids is 1. The molecule has 0 unspecified atom stereocenters. The number of anilines is 2. The maximum Gasteiger partial charge on any atom is 0.238 e. The van der Waals surface area contributed by atoms with Gasteiger partial charge in [0.25, 0.3) is 0 Å². The van der Waals surface area contributed by atoms with E-state index >= 15 is 0 Å². The Morgan fingerprint density at radius 2 is 1.91 bits per heavy atom. The van der Waals surface area contributed by atoms with Crippen molar-refractivity contribution in [3.63, 3.8) is 0 Å². The van der Waals surface area contributed by atoms with Crippen LogP contribution in [-0.2, 0) is 24.2 Å². The van der Waals surface area contributed by atoms with Gasteiger partial charge in [-0.15, -0.1) is 0 Å². The zero-order chi connectivity index (χ0) is 25.2. The molecular weight excluding hydrogens is 440 g/mol. The van der Waals surface area contributed by atoms with Crippen LogP contribution in [0.3, 0.4) is 0 Å². The number of unbranched alkanes of at least 4 members (excludes halogenated alkanes) is 1. The third-order valence-electron chi connectivity index (χ3n) is 5.95. The lowest BCUT2D eigenvalue weighted by Crippen LogP contribution is -2.27. The molecule has 0 bridgehead atoms. The Hall–Kier alpha value is -3.49. The lowest BCUT2D eigenvalue weighted by molar-refractivity contribution is -0.114. The van der Waals surface area contributed by atoms with Gasteiger partial charge in [-0.2, -0.15) is 0 Å². The van der Waals surface area contributed by atoms with E-state index in [-0.39, 0.29) is 12.5 Å². The second kappa shape index (κ2) is 10.0. The number of nitrogen functional groups attached to an aromatic ring is 1. The summed E-state index contributed by atoms with van der Waals surface area (Å²) in [7, 11) is 0. The maximum absolute atomic E-state index is 11.6. The predicted molar refractivity (Wildman–Crippen MR) is 141 cm³/mol. The van der Waals surface area contributed by atoms with Crippen LogP contribution in [0.5, 0.6) is 0 Å². The number of benzene rings is 2. The van der Waals surface area contributed by atoms with E-state index in [1.165, 1.54) is 0 Å². The fraction of sp³-hybridized carbons (Fsp3) is 0.370. The van der Waals surface area contributed by atoms with E-state index in [4.69, 9.17) is 16.5 Å². The van der Waals surface area contributed by atoms with Gasteiger partial charge in [-0.1, -0.05) is 37.6 Å². The summed E-state index contributed by atoms with van der Waals surface area (Å²) in [5.41, 5.74) is 16.1. The molecule has 0 spiro atoms. The predicted octanol–water partition coefficient (Wildman–Crippen LogP) is 3.77. The molecule has 2 aromatic carbocycles. The molecule has 1 amide bonds. The molecule has 4 aromatic rings. The van der Waals surface area contributed by atoms with Crippen LogP contribution < -0.4 is 16.8 Å². The average molecular weight is 475 g/mol. The molecule has 0 aliphatic heterocycles. The number of nitrogens with zero attached hydrogens (tertiary/aromatic N) is 3. The minimum absolute atomic E-state index is 0.0549. The molecule has 0 saturated carbocycles. The van der Waals surface area contributed by atoms with Crippen LogP contribution in [0.4, 0.5) is 11.5 Å². The summed E-state index contributed by atoms with van der Waals surface area (Å²) in [6.45, 7) is 6.12. The standard InChI is InChI=1S/C27H34N6O2/c1-4-5-9-22-32-24-25(33(22)16-27(2,3)35)20-11-10-18(14-21(20)31-26(24)29)12-17-7-6-8-19(13-17)30-23(34)15-28/h6-8,10-11,13-14,35H,4-5,9,12,15-16,28H2,1-3H3,(H2,29,31)(H,30,34). The van der Waals surface area contributed by atoms with Gasteiger partial charge in [-0.25, -0.2) is 9.97 Å². The topological polar surface area (TPSA) is 132 Å². The van der Waals surface area contributed by atoms with Crippen molar-refractivity contribution in [3.8, 4) is 0 Å². The van der Waals surface area contributed by atoms with Crippen molar-refractivity contribution >= 4 is 39.3 Å². The molecule has 0 atom stereocenters. The number of carbonyl (C=O) groups is 1. The number of imidazole rings is 1. The van der Waals surface area contributed by atoms with Gasteiger partial charge < -0.3 is 26.5 Å². The molecule has 184 valence electrons. The highest BCUT2D eigenvalue weighted by molar-refractivity contribution is 6.06. The first-order valence-corrected chi connectivity index (χ1v) is 12.1. The number of nitrogens with two attached hydrogens (primary N) is 2. The van der Waals surface area contributed by atoms with Crippen LogP contribution in [0.15, 0.2) is 42.5 Å². The number of pyridine rings is 1. The smallest absolute Gasteiger partial charge is 0.238 e. The number of amides is 1. The van der Waals surface area contributed by atoms with Crippen LogP contribution >= 0.6 is 0 Å². The number of rotatable bonds is 9. The quantitative estimate of drug-likeness (QED) is 0.292. The highest BCUT2D eigenvalue weighted by Gasteiger charge is 2.22. The van der Waals surface area contributed by atoms with Crippen molar-refractivity contribution in [1.29, 1.82) is 0 Å². The lowest BCUT2D eigenvalue weighted by atomic mass is 10.0. The number of nitrogens with one attached hydrogen (secondary N) is 1. The minimum Gasteiger partial charge on any atom is -0.389 e. The Balaban J connectivity index is 1.75. The van der Waals surface area contributed by atoms with Crippen LogP contribution in [0, 0.1) is 0 Å². The van der Waals surface area contributed by atoms with Crippen LogP contribution in [0.1, 0.15) is 50.6 Å². The molecule has 0 fully saturated rings. The first-order valence-electron chi connectivity index (χ1n) is 12.1.